The second-order valence-electron chi connectivity index (χ2n) is 7.34. The standard InChI is InChI=1S/C24H24ClN3O/c25-21-9-6-10-22(17-21)27-15-12-20(13-16-27)24(29)28(23-11-4-5-14-26-23)18-19-7-2-1-3-8-19/h1-11,14,17,20H,12-13,15-16,18H2. The molecule has 2 aromatic carbocycles. The zero-order valence-electron chi connectivity index (χ0n) is 16.2. The van der Waals surface area contributed by atoms with Crippen LogP contribution in [0.2, 0.25) is 5.02 Å². The van der Waals surface area contributed by atoms with Crippen LogP contribution in [0.1, 0.15) is 18.4 Å². The molecule has 0 atom stereocenters. The van der Waals surface area contributed by atoms with E-state index in [1.165, 1.54) is 0 Å². The molecular weight excluding hydrogens is 382 g/mol. The first-order valence-corrected chi connectivity index (χ1v) is 10.4. The normalized spacial score (nSPS) is 14.6. The van der Waals surface area contributed by atoms with Gasteiger partial charge in [0.15, 0.2) is 0 Å². The van der Waals surface area contributed by atoms with E-state index in [0.29, 0.717) is 12.4 Å². The quantitative estimate of drug-likeness (QED) is 0.586. The number of aromatic nitrogens is 1. The molecule has 4 rings (SSSR count). The molecule has 1 aliphatic heterocycles. The van der Waals surface area contributed by atoms with Gasteiger partial charge in [-0.05, 0) is 48.7 Å². The molecule has 1 aliphatic rings. The Morgan fingerprint density at radius 3 is 2.45 bits per heavy atom. The Hall–Kier alpha value is -2.85. The summed E-state index contributed by atoms with van der Waals surface area (Å²) < 4.78 is 0. The molecule has 0 bridgehead atoms. The van der Waals surface area contributed by atoms with E-state index in [1.54, 1.807) is 6.20 Å². The lowest BCUT2D eigenvalue weighted by atomic mass is 9.94. The number of hydrogen-bond donors (Lipinski definition) is 0. The number of rotatable bonds is 5. The van der Waals surface area contributed by atoms with Gasteiger partial charge < -0.3 is 4.90 Å². The minimum Gasteiger partial charge on any atom is -0.371 e. The molecule has 4 nitrogen and oxygen atoms in total. The monoisotopic (exact) mass is 405 g/mol. The van der Waals surface area contributed by atoms with Crippen LogP contribution >= 0.6 is 11.6 Å². The van der Waals surface area contributed by atoms with Gasteiger partial charge in [-0.25, -0.2) is 4.98 Å². The van der Waals surface area contributed by atoms with E-state index in [-0.39, 0.29) is 11.8 Å². The number of carbonyl (C=O) groups excluding carboxylic acids is 1. The predicted octanol–water partition coefficient (Wildman–Crippen LogP) is 5.18. The lowest BCUT2D eigenvalue weighted by molar-refractivity contribution is -0.123. The van der Waals surface area contributed by atoms with Gasteiger partial charge in [0.05, 0.1) is 6.54 Å². The molecule has 5 heteroatoms. The predicted molar refractivity (Wildman–Crippen MR) is 118 cm³/mol. The van der Waals surface area contributed by atoms with Gasteiger partial charge in [0.25, 0.3) is 0 Å². The third-order valence-electron chi connectivity index (χ3n) is 5.39. The third kappa shape index (κ3) is 4.77. The number of nitrogens with zero attached hydrogens (tertiary/aromatic N) is 3. The highest BCUT2D eigenvalue weighted by Crippen LogP contribution is 2.28. The van der Waals surface area contributed by atoms with Crippen LogP contribution < -0.4 is 9.80 Å². The van der Waals surface area contributed by atoms with Crippen molar-refractivity contribution in [1.82, 2.24) is 4.98 Å². The summed E-state index contributed by atoms with van der Waals surface area (Å²) in [6.07, 6.45) is 3.38. The lowest BCUT2D eigenvalue weighted by Crippen LogP contribution is -2.42. The fourth-order valence-corrected chi connectivity index (χ4v) is 4.01. The highest BCUT2D eigenvalue weighted by molar-refractivity contribution is 6.30. The van der Waals surface area contributed by atoms with Crippen molar-refractivity contribution in [2.45, 2.75) is 19.4 Å². The Kier molecular flexibility index (Phi) is 6.11. The van der Waals surface area contributed by atoms with Crippen LogP contribution in [0, 0.1) is 5.92 Å². The Morgan fingerprint density at radius 1 is 1.00 bits per heavy atom. The van der Waals surface area contributed by atoms with Crippen molar-refractivity contribution in [3.8, 4) is 0 Å². The van der Waals surface area contributed by atoms with E-state index in [2.05, 4.69) is 16.0 Å². The van der Waals surface area contributed by atoms with Crippen LogP contribution in [-0.2, 0) is 11.3 Å². The summed E-state index contributed by atoms with van der Waals surface area (Å²) in [6.45, 7) is 2.22. The Balaban J connectivity index is 1.48. The largest absolute Gasteiger partial charge is 0.371 e. The van der Waals surface area contributed by atoms with E-state index in [0.717, 1.165) is 42.2 Å². The van der Waals surface area contributed by atoms with Crippen LogP contribution in [0.4, 0.5) is 11.5 Å². The number of amides is 1. The molecule has 3 aromatic rings. The second kappa shape index (κ2) is 9.10. The van der Waals surface area contributed by atoms with Crippen molar-refractivity contribution < 1.29 is 4.79 Å². The molecular formula is C24H24ClN3O. The van der Waals surface area contributed by atoms with Crippen molar-refractivity contribution in [2.24, 2.45) is 5.92 Å². The molecule has 0 N–H and O–H groups in total. The number of pyridine rings is 1. The number of halogens is 1. The summed E-state index contributed by atoms with van der Waals surface area (Å²) in [5.41, 5.74) is 2.22. The van der Waals surface area contributed by atoms with E-state index in [4.69, 9.17) is 11.6 Å². The van der Waals surface area contributed by atoms with E-state index < -0.39 is 0 Å². The zero-order chi connectivity index (χ0) is 20.1. The van der Waals surface area contributed by atoms with Gasteiger partial charge in [-0.3, -0.25) is 9.69 Å². The Bertz CT molecular complexity index is 941. The molecule has 148 valence electrons. The summed E-state index contributed by atoms with van der Waals surface area (Å²) >= 11 is 6.14. The first-order valence-electron chi connectivity index (χ1n) is 9.97. The maximum Gasteiger partial charge on any atom is 0.231 e. The summed E-state index contributed by atoms with van der Waals surface area (Å²) in [7, 11) is 0. The van der Waals surface area contributed by atoms with Crippen molar-refractivity contribution in [2.75, 3.05) is 22.9 Å². The van der Waals surface area contributed by atoms with Gasteiger partial charge in [0, 0.05) is 35.9 Å². The van der Waals surface area contributed by atoms with Crippen molar-refractivity contribution >= 4 is 29.0 Å². The van der Waals surface area contributed by atoms with Crippen LogP contribution in [-0.4, -0.2) is 24.0 Å². The highest BCUT2D eigenvalue weighted by Gasteiger charge is 2.30. The third-order valence-corrected chi connectivity index (χ3v) is 5.63. The number of carbonyl (C=O) groups is 1. The molecule has 0 radical (unpaired) electrons. The number of benzene rings is 2. The second-order valence-corrected chi connectivity index (χ2v) is 7.78. The van der Waals surface area contributed by atoms with Gasteiger partial charge in [-0.15, -0.1) is 0 Å². The maximum absolute atomic E-state index is 13.4. The highest BCUT2D eigenvalue weighted by atomic mass is 35.5. The smallest absolute Gasteiger partial charge is 0.231 e. The van der Waals surface area contributed by atoms with E-state index in [9.17, 15) is 4.79 Å². The Morgan fingerprint density at radius 2 is 1.76 bits per heavy atom. The van der Waals surface area contributed by atoms with Gasteiger partial charge in [0.1, 0.15) is 5.82 Å². The molecule has 0 saturated carbocycles. The molecule has 2 heterocycles. The molecule has 1 amide bonds. The Labute approximate surface area is 176 Å². The van der Waals surface area contributed by atoms with Crippen molar-refractivity contribution in [1.29, 1.82) is 0 Å². The molecule has 1 aromatic heterocycles. The fraction of sp³-hybridized carbons (Fsp3) is 0.250. The van der Waals surface area contributed by atoms with Gasteiger partial charge in [-0.2, -0.15) is 0 Å². The zero-order valence-corrected chi connectivity index (χ0v) is 17.0. The molecule has 1 saturated heterocycles. The molecule has 29 heavy (non-hydrogen) atoms. The summed E-state index contributed by atoms with van der Waals surface area (Å²) in [5, 5.41) is 0.741. The molecule has 1 fully saturated rings. The molecule has 0 aliphatic carbocycles. The van der Waals surface area contributed by atoms with Crippen LogP contribution in [0.3, 0.4) is 0 Å². The van der Waals surface area contributed by atoms with E-state index in [1.807, 2.05) is 71.6 Å². The first kappa shape index (κ1) is 19.5. The van der Waals surface area contributed by atoms with Gasteiger partial charge >= 0.3 is 0 Å². The number of hydrogen-bond acceptors (Lipinski definition) is 3. The molecule has 0 unspecified atom stereocenters. The van der Waals surface area contributed by atoms with Crippen molar-refractivity contribution in [3.05, 3.63) is 89.6 Å². The minimum atomic E-state index is -0.00356. The topological polar surface area (TPSA) is 36.4 Å². The minimum absolute atomic E-state index is 0.00356. The van der Waals surface area contributed by atoms with Crippen LogP contribution in [0.15, 0.2) is 79.0 Å². The van der Waals surface area contributed by atoms with Crippen LogP contribution in [0.25, 0.3) is 0 Å². The van der Waals surface area contributed by atoms with Crippen molar-refractivity contribution in [3.63, 3.8) is 0 Å². The first-order chi connectivity index (χ1) is 14.2. The number of anilines is 2. The SMILES string of the molecule is O=C(C1CCN(c2cccc(Cl)c2)CC1)N(Cc1ccccc1)c1ccccn1. The summed E-state index contributed by atoms with van der Waals surface area (Å²) in [5.74, 6) is 0.855. The average Bonchev–Trinajstić information content (AvgIpc) is 2.78. The summed E-state index contributed by atoms with van der Waals surface area (Å²) in [6, 6.07) is 23.7. The fourth-order valence-electron chi connectivity index (χ4n) is 3.83. The summed E-state index contributed by atoms with van der Waals surface area (Å²) in [4.78, 5) is 22.0. The van der Waals surface area contributed by atoms with Gasteiger partial charge in [0.2, 0.25) is 5.91 Å². The van der Waals surface area contributed by atoms with Crippen LogP contribution in [0.5, 0.6) is 0 Å². The maximum atomic E-state index is 13.4. The number of piperidine rings is 1. The van der Waals surface area contributed by atoms with Gasteiger partial charge in [-0.1, -0.05) is 54.1 Å². The average molecular weight is 406 g/mol. The molecule has 0 spiro atoms. The lowest BCUT2D eigenvalue weighted by Gasteiger charge is -2.35. The van der Waals surface area contributed by atoms with E-state index >= 15 is 0 Å².